The molecular weight excluding hydrogens is 226 g/mol. The van der Waals surface area contributed by atoms with Crippen LogP contribution in [0.4, 0.5) is 4.79 Å². The molecule has 0 bridgehead atoms. The molecule has 1 fully saturated rings. The average molecular weight is 248 g/mol. The molecule has 0 aromatic rings. The van der Waals surface area contributed by atoms with Crippen LogP contribution in [0.5, 0.6) is 0 Å². The minimum Gasteiger partial charge on any atom is -0.444 e. The molecule has 1 aliphatic carbocycles. The number of amides is 1. The topological polar surface area (TPSA) is 38.3 Å². The van der Waals surface area contributed by atoms with E-state index in [1.54, 1.807) is 0 Å². The van der Waals surface area contributed by atoms with Crippen molar-refractivity contribution in [2.24, 2.45) is 5.41 Å². The highest BCUT2D eigenvalue weighted by molar-refractivity contribution is 6.25. The standard InChI is InChI=1S/C12H22ClNO2/c1-10(2,3)16-9(15)14-12(13)8-6-7-11(12,4)5/h6-8H2,1-5H3,(H,14,15)/t12-/m1/s1. The highest BCUT2D eigenvalue weighted by Gasteiger charge is 2.49. The lowest BCUT2D eigenvalue weighted by Gasteiger charge is -2.37. The summed E-state index contributed by atoms with van der Waals surface area (Å²) < 4.78 is 5.22. The van der Waals surface area contributed by atoms with Gasteiger partial charge in [0.25, 0.3) is 0 Å². The van der Waals surface area contributed by atoms with Crippen molar-refractivity contribution in [3.63, 3.8) is 0 Å². The molecule has 94 valence electrons. The van der Waals surface area contributed by atoms with Crippen molar-refractivity contribution < 1.29 is 9.53 Å². The summed E-state index contributed by atoms with van der Waals surface area (Å²) in [4.78, 5) is 11.0. The van der Waals surface area contributed by atoms with E-state index in [1.165, 1.54) is 0 Å². The number of rotatable bonds is 1. The second-order valence-corrected chi connectivity index (χ2v) is 6.81. The third-order valence-electron chi connectivity index (χ3n) is 3.09. The van der Waals surface area contributed by atoms with Crippen LogP contribution in [-0.2, 0) is 4.74 Å². The van der Waals surface area contributed by atoms with Crippen LogP contribution in [0, 0.1) is 5.41 Å². The number of carbonyl (C=O) groups excluding carboxylic acids is 1. The van der Waals surface area contributed by atoms with Crippen molar-refractivity contribution in [1.29, 1.82) is 0 Å². The van der Waals surface area contributed by atoms with Crippen LogP contribution in [0.15, 0.2) is 0 Å². The summed E-state index contributed by atoms with van der Waals surface area (Å²) in [6, 6.07) is 0. The van der Waals surface area contributed by atoms with Crippen molar-refractivity contribution >= 4 is 17.7 Å². The Morgan fingerprint density at radius 2 is 1.88 bits per heavy atom. The van der Waals surface area contributed by atoms with Crippen LogP contribution in [0.3, 0.4) is 0 Å². The van der Waals surface area contributed by atoms with Crippen LogP contribution in [0.1, 0.15) is 53.9 Å². The Hall–Kier alpha value is -0.440. The quantitative estimate of drug-likeness (QED) is 0.567. The molecule has 16 heavy (non-hydrogen) atoms. The van der Waals surface area contributed by atoms with Gasteiger partial charge in [-0.3, -0.25) is 0 Å². The predicted octanol–water partition coefficient (Wildman–Crippen LogP) is 3.66. The Bertz CT molecular complexity index is 283. The zero-order valence-electron chi connectivity index (χ0n) is 10.8. The van der Waals surface area contributed by atoms with Gasteiger partial charge in [-0.15, -0.1) is 0 Å². The van der Waals surface area contributed by atoms with Crippen LogP contribution in [0.25, 0.3) is 0 Å². The Labute approximate surface area is 103 Å². The number of hydrogen-bond donors (Lipinski definition) is 1. The van der Waals surface area contributed by atoms with E-state index in [-0.39, 0.29) is 5.41 Å². The number of alkyl carbamates (subject to hydrolysis) is 1. The molecule has 0 aromatic carbocycles. The number of nitrogens with one attached hydrogen (secondary N) is 1. The van der Waals surface area contributed by atoms with E-state index >= 15 is 0 Å². The molecule has 0 aromatic heterocycles. The first-order valence-corrected chi connectivity index (χ1v) is 6.14. The minimum absolute atomic E-state index is 0.0918. The van der Waals surface area contributed by atoms with E-state index in [0.717, 1.165) is 19.3 Å². The fourth-order valence-corrected chi connectivity index (χ4v) is 2.31. The van der Waals surface area contributed by atoms with Gasteiger partial charge in [-0.1, -0.05) is 25.4 Å². The first-order chi connectivity index (χ1) is 7.06. The van der Waals surface area contributed by atoms with Crippen molar-refractivity contribution in [2.45, 2.75) is 64.5 Å². The smallest absolute Gasteiger partial charge is 0.409 e. The van der Waals surface area contributed by atoms with Gasteiger partial charge in [0.2, 0.25) is 0 Å². The van der Waals surface area contributed by atoms with Crippen LogP contribution >= 0.6 is 11.6 Å². The van der Waals surface area contributed by atoms with Gasteiger partial charge in [0.15, 0.2) is 0 Å². The second kappa shape index (κ2) is 4.10. The highest BCUT2D eigenvalue weighted by Crippen LogP contribution is 2.48. The zero-order chi connectivity index (χ0) is 12.6. The molecule has 1 atom stereocenters. The number of carbonyl (C=O) groups is 1. The van der Waals surface area contributed by atoms with E-state index < -0.39 is 16.7 Å². The summed E-state index contributed by atoms with van der Waals surface area (Å²) in [6.07, 6.45) is 2.41. The van der Waals surface area contributed by atoms with Gasteiger partial charge >= 0.3 is 6.09 Å². The summed E-state index contributed by atoms with van der Waals surface area (Å²) in [5, 5.41) is 2.81. The number of hydrogen-bond acceptors (Lipinski definition) is 2. The Morgan fingerprint density at radius 1 is 1.31 bits per heavy atom. The Balaban J connectivity index is 2.63. The van der Waals surface area contributed by atoms with Crippen LogP contribution in [0.2, 0.25) is 0 Å². The number of ether oxygens (including phenoxy) is 1. The minimum atomic E-state index is -0.671. The van der Waals surface area contributed by atoms with E-state index in [0.29, 0.717) is 0 Å². The van der Waals surface area contributed by atoms with E-state index in [4.69, 9.17) is 16.3 Å². The lowest BCUT2D eigenvalue weighted by molar-refractivity contribution is 0.0447. The van der Waals surface area contributed by atoms with Crippen molar-refractivity contribution in [3.05, 3.63) is 0 Å². The molecule has 3 nitrogen and oxygen atoms in total. The third kappa shape index (κ3) is 3.03. The zero-order valence-corrected chi connectivity index (χ0v) is 11.6. The summed E-state index contributed by atoms with van der Waals surface area (Å²) in [7, 11) is 0. The average Bonchev–Trinajstić information content (AvgIpc) is 2.21. The SMILES string of the molecule is CC(C)(C)OC(=O)N[C@]1(Cl)CCCC1(C)C. The van der Waals surface area contributed by atoms with Crippen molar-refractivity contribution in [1.82, 2.24) is 5.32 Å². The lowest BCUT2D eigenvalue weighted by atomic mass is 9.87. The number of halogens is 1. The highest BCUT2D eigenvalue weighted by atomic mass is 35.5. The van der Waals surface area contributed by atoms with Crippen molar-refractivity contribution in [2.75, 3.05) is 0 Å². The summed E-state index contributed by atoms with van der Waals surface area (Å²) in [6.45, 7) is 9.67. The molecule has 0 aliphatic heterocycles. The molecule has 1 rings (SSSR count). The summed E-state index contributed by atoms with van der Waals surface area (Å²) >= 11 is 6.47. The molecular formula is C12H22ClNO2. The molecule has 1 aliphatic rings. The number of alkyl halides is 1. The van der Waals surface area contributed by atoms with Crippen molar-refractivity contribution in [3.8, 4) is 0 Å². The van der Waals surface area contributed by atoms with E-state index in [9.17, 15) is 4.79 Å². The van der Waals surface area contributed by atoms with E-state index in [1.807, 2.05) is 20.8 Å². The maximum Gasteiger partial charge on any atom is 0.409 e. The van der Waals surface area contributed by atoms with E-state index in [2.05, 4.69) is 19.2 Å². The maximum atomic E-state index is 11.7. The maximum absolute atomic E-state index is 11.7. The molecule has 0 heterocycles. The van der Waals surface area contributed by atoms with Gasteiger partial charge < -0.3 is 10.1 Å². The molecule has 1 saturated carbocycles. The first kappa shape index (κ1) is 13.6. The fraction of sp³-hybridized carbons (Fsp3) is 0.917. The molecule has 1 N–H and O–H groups in total. The van der Waals surface area contributed by atoms with Gasteiger partial charge in [-0.2, -0.15) is 0 Å². The predicted molar refractivity (Wildman–Crippen MR) is 65.6 cm³/mol. The lowest BCUT2D eigenvalue weighted by Crippen LogP contribution is -2.51. The fourth-order valence-electron chi connectivity index (χ4n) is 2.01. The third-order valence-corrected chi connectivity index (χ3v) is 3.89. The van der Waals surface area contributed by atoms with Gasteiger partial charge in [-0.05, 0) is 40.0 Å². The van der Waals surface area contributed by atoms with Crippen LogP contribution in [-0.4, -0.2) is 16.7 Å². The largest absolute Gasteiger partial charge is 0.444 e. The van der Waals surface area contributed by atoms with Gasteiger partial charge in [0, 0.05) is 5.41 Å². The first-order valence-electron chi connectivity index (χ1n) is 5.76. The Morgan fingerprint density at radius 3 is 2.25 bits per heavy atom. The van der Waals surface area contributed by atoms with Gasteiger partial charge in [0.05, 0.1) is 0 Å². The molecule has 1 amide bonds. The second-order valence-electron chi connectivity index (χ2n) is 6.17. The van der Waals surface area contributed by atoms with Gasteiger partial charge in [0.1, 0.15) is 10.6 Å². The molecule has 0 spiro atoms. The molecule has 4 heteroatoms. The van der Waals surface area contributed by atoms with Crippen LogP contribution < -0.4 is 5.32 Å². The van der Waals surface area contributed by atoms with Gasteiger partial charge in [-0.25, -0.2) is 4.79 Å². The molecule has 0 radical (unpaired) electrons. The Kier molecular flexibility index (Phi) is 3.49. The molecule has 0 unspecified atom stereocenters. The normalized spacial score (nSPS) is 28.9. The molecule has 0 saturated heterocycles. The summed E-state index contributed by atoms with van der Waals surface area (Å²) in [5.74, 6) is 0. The summed E-state index contributed by atoms with van der Waals surface area (Å²) in [5.41, 5.74) is -0.578. The monoisotopic (exact) mass is 247 g/mol.